The zero-order valence-corrected chi connectivity index (χ0v) is 14.3. The number of hydrogen-bond donors (Lipinski definition) is 0. The molecule has 0 saturated carbocycles. The summed E-state index contributed by atoms with van der Waals surface area (Å²) in [5.41, 5.74) is 13.5. The molecule has 2 aromatic carbocycles. The van der Waals surface area contributed by atoms with Gasteiger partial charge in [-0.25, -0.2) is 0 Å². The highest BCUT2D eigenvalue weighted by atomic mass is 14.2. The molecule has 3 rings (SSSR count). The average Bonchev–Trinajstić information content (AvgIpc) is 2.47. The van der Waals surface area contributed by atoms with Crippen LogP contribution in [-0.4, -0.2) is 0 Å². The van der Waals surface area contributed by atoms with Crippen LogP contribution in [0.1, 0.15) is 45.9 Å². The lowest BCUT2D eigenvalue weighted by atomic mass is 9.79. The van der Waals surface area contributed by atoms with Crippen LogP contribution in [0.25, 0.3) is 11.1 Å². The lowest BCUT2D eigenvalue weighted by Gasteiger charge is -2.25. The third-order valence-corrected chi connectivity index (χ3v) is 5.13. The van der Waals surface area contributed by atoms with Crippen molar-refractivity contribution in [1.29, 1.82) is 0 Å². The van der Waals surface area contributed by atoms with Crippen molar-refractivity contribution in [2.45, 2.75) is 41.0 Å². The number of rotatable bonds is 1. The van der Waals surface area contributed by atoms with Crippen LogP contribution in [0.2, 0.25) is 0 Å². The molecule has 0 heteroatoms. The molecule has 0 radical (unpaired) electrons. The van der Waals surface area contributed by atoms with E-state index in [0.717, 1.165) is 6.42 Å². The number of benzene rings is 2. The number of fused-ring (bicyclic) bond motifs is 1. The lowest BCUT2D eigenvalue weighted by Crippen LogP contribution is -2.07. The Labute approximate surface area is 134 Å². The molecule has 0 spiro atoms. The maximum absolute atomic E-state index is 4.35. The van der Waals surface area contributed by atoms with Crippen LogP contribution in [-0.2, 0) is 6.42 Å². The smallest absolute Gasteiger partial charge is 0.00107 e. The van der Waals surface area contributed by atoms with Gasteiger partial charge in [0.2, 0.25) is 0 Å². The van der Waals surface area contributed by atoms with Crippen molar-refractivity contribution in [3.8, 4) is 0 Å². The van der Waals surface area contributed by atoms with E-state index < -0.39 is 0 Å². The molecule has 0 aliphatic heterocycles. The second kappa shape index (κ2) is 5.28. The minimum Gasteiger partial charge on any atom is -0.0909 e. The lowest BCUT2D eigenvalue weighted by molar-refractivity contribution is 1.18. The van der Waals surface area contributed by atoms with E-state index in [0.29, 0.717) is 0 Å². The quantitative estimate of drug-likeness (QED) is 0.607. The molecule has 0 bridgehead atoms. The van der Waals surface area contributed by atoms with Crippen molar-refractivity contribution in [2.24, 2.45) is 0 Å². The Morgan fingerprint density at radius 1 is 0.864 bits per heavy atom. The second-order valence-corrected chi connectivity index (χ2v) is 6.65. The van der Waals surface area contributed by atoms with Gasteiger partial charge in [0.15, 0.2) is 0 Å². The van der Waals surface area contributed by atoms with Crippen LogP contribution in [0.4, 0.5) is 0 Å². The Morgan fingerprint density at radius 3 is 2.14 bits per heavy atom. The highest BCUT2D eigenvalue weighted by Gasteiger charge is 2.20. The fraction of sp³-hybridized carbons (Fsp3) is 0.273. The van der Waals surface area contributed by atoms with Crippen LogP contribution in [0.5, 0.6) is 0 Å². The van der Waals surface area contributed by atoms with Gasteiger partial charge in [-0.15, -0.1) is 0 Å². The van der Waals surface area contributed by atoms with Gasteiger partial charge in [-0.3, -0.25) is 0 Å². The summed E-state index contributed by atoms with van der Waals surface area (Å²) in [5.74, 6) is 0. The molecule has 1 aliphatic carbocycles. The topological polar surface area (TPSA) is 0 Å². The zero-order valence-electron chi connectivity index (χ0n) is 14.3. The Morgan fingerprint density at radius 2 is 1.50 bits per heavy atom. The monoisotopic (exact) mass is 288 g/mol. The van der Waals surface area contributed by atoms with E-state index >= 15 is 0 Å². The van der Waals surface area contributed by atoms with Crippen molar-refractivity contribution in [1.82, 2.24) is 0 Å². The van der Waals surface area contributed by atoms with E-state index in [2.05, 4.69) is 71.5 Å². The molecule has 22 heavy (non-hydrogen) atoms. The van der Waals surface area contributed by atoms with Crippen LogP contribution in [0.15, 0.2) is 42.5 Å². The third-order valence-electron chi connectivity index (χ3n) is 5.13. The Balaban J connectivity index is 2.16. The van der Waals surface area contributed by atoms with Crippen molar-refractivity contribution in [2.75, 3.05) is 0 Å². The molecule has 112 valence electrons. The van der Waals surface area contributed by atoms with Crippen molar-refractivity contribution < 1.29 is 0 Å². The molecule has 0 nitrogen and oxygen atoms in total. The summed E-state index contributed by atoms with van der Waals surface area (Å²) in [4.78, 5) is 0. The number of hydrogen-bond acceptors (Lipinski definition) is 0. The Hall–Kier alpha value is -2.08. The summed E-state index contributed by atoms with van der Waals surface area (Å²) in [5, 5.41) is 0. The number of allylic oxidation sites excluding steroid dienone is 3. The van der Waals surface area contributed by atoms with Gasteiger partial charge in [-0.1, -0.05) is 42.5 Å². The molecule has 0 aromatic heterocycles. The molecule has 0 heterocycles. The molecule has 0 unspecified atom stereocenters. The highest BCUT2D eigenvalue weighted by Crippen LogP contribution is 2.39. The molecular formula is C22H24. The normalized spacial score (nSPS) is 14.3. The van der Waals surface area contributed by atoms with Gasteiger partial charge >= 0.3 is 0 Å². The van der Waals surface area contributed by atoms with Gasteiger partial charge < -0.3 is 0 Å². The van der Waals surface area contributed by atoms with Crippen LogP contribution >= 0.6 is 0 Å². The molecule has 0 amide bonds. The van der Waals surface area contributed by atoms with Crippen LogP contribution in [0, 0.1) is 27.7 Å². The first-order valence-electron chi connectivity index (χ1n) is 7.95. The van der Waals surface area contributed by atoms with Gasteiger partial charge in [0.25, 0.3) is 0 Å². The SMILES string of the molecule is C=C1C(C)=C(c2cc(C)c(C)c(C)c2)Cc2cc(C)ccc21. The maximum atomic E-state index is 4.35. The summed E-state index contributed by atoms with van der Waals surface area (Å²) in [6, 6.07) is 11.4. The molecule has 1 aliphatic rings. The predicted octanol–water partition coefficient (Wildman–Crippen LogP) is 5.96. The van der Waals surface area contributed by atoms with Gasteiger partial charge in [0.1, 0.15) is 0 Å². The molecule has 2 aromatic rings. The van der Waals surface area contributed by atoms with Gasteiger partial charge in [-0.2, -0.15) is 0 Å². The van der Waals surface area contributed by atoms with E-state index in [1.165, 1.54) is 55.7 Å². The minimum absolute atomic E-state index is 1.00. The van der Waals surface area contributed by atoms with Crippen molar-refractivity contribution >= 4 is 11.1 Å². The summed E-state index contributed by atoms with van der Waals surface area (Å²) in [6.45, 7) is 15.3. The molecule has 0 N–H and O–H groups in total. The summed E-state index contributed by atoms with van der Waals surface area (Å²) in [7, 11) is 0. The Bertz CT molecular complexity index is 793. The summed E-state index contributed by atoms with van der Waals surface area (Å²) in [6.07, 6.45) is 1.00. The number of aryl methyl sites for hydroxylation is 3. The summed E-state index contributed by atoms with van der Waals surface area (Å²) >= 11 is 0. The molecule has 0 fully saturated rings. The standard InChI is InChI=1S/C22H24/c1-13-7-8-21-17(5)18(6)22(12-19(21)9-13)20-10-14(2)16(4)15(3)11-20/h7-11H,5,12H2,1-4,6H3. The maximum Gasteiger partial charge on any atom is -0.00107 e. The highest BCUT2D eigenvalue weighted by molar-refractivity contribution is 5.93. The third kappa shape index (κ3) is 2.33. The van der Waals surface area contributed by atoms with Gasteiger partial charge in [-0.05, 0) is 91.1 Å². The van der Waals surface area contributed by atoms with Crippen molar-refractivity contribution in [3.05, 3.63) is 81.4 Å². The van der Waals surface area contributed by atoms with E-state index in [1.807, 2.05) is 0 Å². The molecular weight excluding hydrogens is 264 g/mol. The zero-order chi connectivity index (χ0) is 16.0. The summed E-state index contributed by atoms with van der Waals surface area (Å²) < 4.78 is 0. The molecule has 0 atom stereocenters. The average molecular weight is 288 g/mol. The second-order valence-electron chi connectivity index (χ2n) is 6.65. The van der Waals surface area contributed by atoms with E-state index in [9.17, 15) is 0 Å². The van der Waals surface area contributed by atoms with E-state index in [4.69, 9.17) is 0 Å². The first-order chi connectivity index (χ1) is 10.4. The van der Waals surface area contributed by atoms with Crippen LogP contribution in [0.3, 0.4) is 0 Å². The largest absolute Gasteiger partial charge is 0.0909 e. The first-order valence-corrected chi connectivity index (χ1v) is 7.95. The predicted molar refractivity (Wildman–Crippen MR) is 97.2 cm³/mol. The fourth-order valence-electron chi connectivity index (χ4n) is 3.40. The minimum atomic E-state index is 1.00. The van der Waals surface area contributed by atoms with Gasteiger partial charge in [0.05, 0.1) is 0 Å². The van der Waals surface area contributed by atoms with E-state index in [1.54, 1.807) is 0 Å². The van der Waals surface area contributed by atoms with Crippen LogP contribution < -0.4 is 0 Å². The Kier molecular flexibility index (Phi) is 3.56. The molecule has 0 saturated heterocycles. The van der Waals surface area contributed by atoms with E-state index in [-0.39, 0.29) is 0 Å². The first kappa shape index (κ1) is 14.8. The fourth-order valence-corrected chi connectivity index (χ4v) is 3.40. The van der Waals surface area contributed by atoms with Crippen molar-refractivity contribution in [3.63, 3.8) is 0 Å². The van der Waals surface area contributed by atoms with Gasteiger partial charge in [0, 0.05) is 0 Å².